The number of hydrogen-bond donors (Lipinski definition) is 0. The van der Waals surface area contributed by atoms with Crippen LogP contribution in [0.3, 0.4) is 0 Å². The first-order valence-electron chi connectivity index (χ1n) is 3.30. The van der Waals surface area contributed by atoms with Crippen molar-refractivity contribution in [3.63, 3.8) is 0 Å². The van der Waals surface area contributed by atoms with Gasteiger partial charge in [-0.2, -0.15) is 0 Å². The molecule has 0 spiro atoms. The van der Waals surface area contributed by atoms with E-state index in [0.717, 1.165) is 0 Å². The largest absolute Gasteiger partial charge is 0.424 e. The summed E-state index contributed by atoms with van der Waals surface area (Å²) < 4.78 is 4.78. The van der Waals surface area contributed by atoms with Gasteiger partial charge in [-0.3, -0.25) is 0 Å². The van der Waals surface area contributed by atoms with Crippen molar-refractivity contribution in [1.82, 2.24) is 0 Å². The van der Waals surface area contributed by atoms with Crippen molar-refractivity contribution in [3.05, 3.63) is 24.0 Å². The van der Waals surface area contributed by atoms with Crippen LogP contribution < -0.4 is 0 Å². The molecule has 1 rings (SSSR count). The molecule has 2 heteroatoms. The van der Waals surface area contributed by atoms with Gasteiger partial charge < -0.3 is 4.74 Å². The summed E-state index contributed by atoms with van der Waals surface area (Å²) in [5.41, 5.74) is 0. The smallest absolute Gasteiger partial charge is 0.336 e. The Balaban J connectivity index is 2.62. The quantitative estimate of drug-likeness (QED) is 0.515. The average Bonchev–Trinajstić information content (AvgIpc) is 2.13. The van der Waals surface area contributed by atoms with Gasteiger partial charge in [0.1, 0.15) is 5.76 Å². The molecule has 2 nitrogen and oxygen atoms in total. The fourth-order valence-corrected chi connectivity index (χ4v) is 0.752. The summed E-state index contributed by atoms with van der Waals surface area (Å²) in [5.74, 6) is 0.817. The molecule has 0 fully saturated rings. The van der Waals surface area contributed by atoms with E-state index in [-0.39, 0.29) is 5.97 Å². The van der Waals surface area contributed by atoms with Crippen molar-refractivity contribution < 1.29 is 9.53 Å². The summed E-state index contributed by atoms with van der Waals surface area (Å²) >= 11 is 0. The van der Waals surface area contributed by atoms with Gasteiger partial charge >= 0.3 is 5.97 Å². The number of cyclic esters (lactones) is 1. The second-order valence-corrected chi connectivity index (χ2v) is 2.57. The molecule has 54 valence electrons. The first kappa shape index (κ1) is 7.06. The maximum absolute atomic E-state index is 10.5. The van der Waals surface area contributed by atoms with Crippen LogP contribution in [-0.2, 0) is 9.53 Å². The fourth-order valence-electron chi connectivity index (χ4n) is 0.752. The van der Waals surface area contributed by atoms with Crippen molar-refractivity contribution in [1.29, 1.82) is 0 Å². The Morgan fingerprint density at radius 1 is 1.50 bits per heavy atom. The molecule has 0 aromatic carbocycles. The minimum atomic E-state index is -0.271. The lowest BCUT2D eigenvalue weighted by molar-refractivity contribution is -0.132. The van der Waals surface area contributed by atoms with Gasteiger partial charge in [0, 0.05) is 6.08 Å². The van der Waals surface area contributed by atoms with Crippen LogP contribution in [0.1, 0.15) is 13.8 Å². The highest BCUT2D eigenvalue weighted by Crippen LogP contribution is 2.11. The summed E-state index contributed by atoms with van der Waals surface area (Å²) in [5, 5.41) is 0. The zero-order valence-electron chi connectivity index (χ0n) is 6.13. The third kappa shape index (κ3) is 1.72. The predicted molar refractivity (Wildman–Crippen MR) is 38.2 cm³/mol. The van der Waals surface area contributed by atoms with Gasteiger partial charge in [-0.05, 0) is 18.1 Å². The molecule has 0 N–H and O–H groups in total. The Bertz CT molecular complexity index is 199. The van der Waals surface area contributed by atoms with Crippen LogP contribution in [0.2, 0.25) is 0 Å². The molecule has 1 heterocycles. The van der Waals surface area contributed by atoms with E-state index in [0.29, 0.717) is 11.7 Å². The molecule has 0 radical (unpaired) electrons. The topological polar surface area (TPSA) is 26.3 Å². The van der Waals surface area contributed by atoms with E-state index in [4.69, 9.17) is 4.74 Å². The van der Waals surface area contributed by atoms with Crippen LogP contribution >= 0.6 is 0 Å². The van der Waals surface area contributed by atoms with Crippen LogP contribution in [-0.4, -0.2) is 5.97 Å². The van der Waals surface area contributed by atoms with Gasteiger partial charge in [-0.1, -0.05) is 13.8 Å². The molecule has 0 bridgehead atoms. The summed E-state index contributed by atoms with van der Waals surface area (Å²) in [4.78, 5) is 10.5. The van der Waals surface area contributed by atoms with Crippen LogP contribution in [0.25, 0.3) is 0 Å². The first-order chi connectivity index (χ1) is 4.68. The molecule has 0 aromatic heterocycles. The summed E-state index contributed by atoms with van der Waals surface area (Å²) in [6.07, 6.45) is 5.01. The zero-order valence-corrected chi connectivity index (χ0v) is 6.13. The third-order valence-electron chi connectivity index (χ3n) is 1.10. The lowest BCUT2D eigenvalue weighted by Crippen LogP contribution is -1.91. The van der Waals surface area contributed by atoms with E-state index in [9.17, 15) is 4.79 Å². The van der Waals surface area contributed by atoms with Crippen molar-refractivity contribution in [2.75, 3.05) is 0 Å². The number of esters is 1. The highest BCUT2D eigenvalue weighted by molar-refractivity contribution is 5.86. The predicted octanol–water partition coefficient (Wildman–Crippen LogP) is 1.64. The molecule has 0 amide bonds. The molecule has 0 saturated carbocycles. The summed E-state index contributed by atoms with van der Waals surface area (Å²) in [6.45, 7) is 4.07. The van der Waals surface area contributed by atoms with Crippen molar-refractivity contribution in [2.45, 2.75) is 13.8 Å². The maximum Gasteiger partial charge on any atom is 0.336 e. The standard InChI is InChI=1S/C8H10O2/c1-6(2)5-7-3-4-8(9)10-7/h3-6H,1-2H3. The van der Waals surface area contributed by atoms with E-state index in [1.165, 1.54) is 6.08 Å². The Kier molecular flexibility index (Phi) is 1.90. The Hall–Kier alpha value is -1.05. The molecule has 0 unspecified atom stereocenters. The van der Waals surface area contributed by atoms with Crippen LogP contribution in [0.5, 0.6) is 0 Å². The molecule has 0 saturated heterocycles. The minimum absolute atomic E-state index is 0.271. The van der Waals surface area contributed by atoms with Crippen LogP contribution in [0.4, 0.5) is 0 Å². The Labute approximate surface area is 60.2 Å². The SMILES string of the molecule is CC(C)C=C1C=CC(=O)O1. The van der Waals surface area contributed by atoms with Crippen LogP contribution in [0.15, 0.2) is 24.0 Å². The lowest BCUT2D eigenvalue weighted by atomic mass is 10.2. The Morgan fingerprint density at radius 2 is 2.20 bits per heavy atom. The number of carbonyl (C=O) groups is 1. The lowest BCUT2D eigenvalue weighted by Gasteiger charge is -1.97. The van der Waals surface area contributed by atoms with Gasteiger partial charge in [0.15, 0.2) is 0 Å². The number of rotatable bonds is 1. The van der Waals surface area contributed by atoms with Gasteiger partial charge in [0.25, 0.3) is 0 Å². The third-order valence-corrected chi connectivity index (χ3v) is 1.10. The molecule has 0 atom stereocenters. The minimum Gasteiger partial charge on any atom is -0.424 e. The number of allylic oxidation sites excluding steroid dienone is 2. The van der Waals surface area contributed by atoms with Gasteiger partial charge in [0.2, 0.25) is 0 Å². The van der Waals surface area contributed by atoms with E-state index in [1.54, 1.807) is 6.08 Å². The summed E-state index contributed by atoms with van der Waals surface area (Å²) in [7, 11) is 0. The second-order valence-electron chi connectivity index (χ2n) is 2.57. The highest BCUT2D eigenvalue weighted by Gasteiger charge is 2.08. The van der Waals surface area contributed by atoms with Crippen molar-refractivity contribution >= 4 is 5.97 Å². The van der Waals surface area contributed by atoms with E-state index >= 15 is 0 Å². The molecular formula is C8H10O2. The first-order valence-corrected chi connectivity index (χ1v) is 3.30. The average molecular weight is 138 g/mol. The van der Waals surface area contributed by atoms with Crippen LogP contribution in [0, 0.1) is 5.92 Å². The van der Waals surface area contributed by atoms with Gasteiger partial charge in [0.05, 0.1) is 0 Å². The molecule has 0 aromatic rings. The fraction of sp³-hybridized carbons (Fsp3) is 0.375. The van der Waals surface area contributed by atoms with Gasteiger partial charge in [-0.25, -0.2) is 4.79 Å². The summed E-state index contributed by atoms with van der Waals surface area (Å²) in [6, 6.07) is 0. The van der Waals surface area contributed by atoms with E-state index in [2.05, 4.69) is 0 Å². The molecule has 0 aliphatic carbocycles. The molecule has 10 heavy (non-hydrogen) atoms. The van der Waals surface area contributed by atoms with E-state index in [1.807, 2.05) is 19.9 Å². The maximum atomic E-state index is 10.5. The number of carbonyl (C=O) groups excluding carboxylic acids is 1. The number of hydrogen-bond acceptors (Lipinski definition) is 2. The normalized spacial score (nSPS) is 20.7. The second kappa shape index (κ2) is 2.69. The zero-order chi connectivity index (χ0) is 7.56. The number of ether oxygens (including phenoxy) is 1. The highest BCUT2D eigenvalue weighted by atomic mass is 16.5. The van der Waals surface area contributed by atoms with E-state index < -0.39 is 0 Å². The monoisotopic (exact) mass is 138 g/mol. The van der Waals surface area contributed by atoms with Crippen molar-refractivity contribution in [2.24, 2.45) is 5.92 Å². The van der Waals surface area contributed by atoms with Gasteiger partial charge in [-0.15, -0.1) is 0 Å². The molecular weight excluding hydrogens is 128 g/mol. The molecule has 1 aliphatic rings. The van der Waals surface area contributed by atoms with Crippen molar-refractivity contribution in [3.8, 4) is 0 Å². The molecule has 1 aliphatic heterocycles. The Morgan fingerprint density at radius 3 is 2.60 bits per heavy atom.